The summed E-state index contributed by atoms with van der Waals surface area (Å²) in [7, 11) is 4.16. The Kier molecular flexibility index (Phi) is 2.98. The number of nitrogens with zero attached hydrogens (tertiary/aromatic N) is 4. The minimum Gasteiger partial charge on any atom is -0.388 e. The summed E-state index contributed by atoms with van der Waals surface area (Å²) in [6.07, 6.45) is 3.65. The van der Waals surface area contributed by atoms with Gasteiger partial charge >= 0.3 is 7.55 Å². The normalized spacial score (nSPS) is 15.7. The fourth-order valence-electron chi connectivity index (χ4n) is 2.06. The summed E-state index contributed by atoms with van der Waals surface area (Å²) in [4.78, 5) is 13.1. The maximum atomic E-state index is 4.42. The molecular formula is C13H14BN4. The minimum absolute atomic E-state index is 0.975. The van der Waals surface area contributed by atoms with Gasteiger partial charge in [0.15, 0.2) is 0 Å². The van der Waals surface area contributed by atoms with Crippen molar-refractivity contribution < 1.29 is 0 Å². The summed E-state index contributed by atoms with van der Waals surface area (Å²) in [5, 5.41) is 0. The monoisotopic (exact) mass is 237 g/mol. The molecule has 3 rings (SSSR count). The van der Waals surface area contributed by atoms with Crippen LogP contribution in [0.25, 0.3) is 11.3 Å². The van der Waals surface area contributed by atoms with Gasteiger partial charge in [-0.15, -0.1) is 0 Å². The summed E-state index contributed by atoms with van der Waals surface area (Å²) >= 11 is 0. The first kappa shape index (κ1) is 11.2. The smallest absolute Gasteiger partial charge is 0.353 e. The van der Waals surface area contributed by atoms with E-state index in [9.17, 15) is 0 Å². The molecule has 1 fully saturated rings. The number of hydrogen-bond acceptors (Lipinski definition) is 4. The zero-order valence-electron chi connectivity index (χ0n) is 10.3. The lowest BCUT2D eigenvalue weighted by atomic mass is 10.1. The molecule has 1 aliphatic heterocycles. The molecule has 0 N–H and O–H groups in total. The Hall–Kier alpha value is -1.88. The van der Waals surface area contributed by atoms with Crippen LogP contribution in [0.3, 0.4) is 0 Å². The molecule has 2 aromatic rings. The molecule has 0 spiro atoms. The fraction of sp³-hybridized carbons (Fsp3) is 0.231. The summed E-state index contributed by atoms with van der Waals surface area (Å²) in [5.41, 5.74) is 2.08. The van der Waals surface area contributed by atoms with Gasteiger partial charge in [-0.2, -0.15) is 0 Å². The quantitative estimate of drug-likeness (QED) is 0.739. The number of pyridine rings is 2. The maximum absolute atomic E-state index is 4.42. The van der Waals surface area contributed by atoms with Crippen LogP contribution in [0, 0.1) is 0 Å². The molecule has 0 atom stereocenters. The van der Waals surface area contributed by atoms with Gasteiger partial charge in [0.2, 0.25) is 0 Å². The van der Waals surface area contributed by atoms with Crippen molar-refractivity contribution in [2.75, 3.05) is 24.9 Å². The van der Waals surface area contributed by atoms with Gasteiger partial charge in [0, 0.05) is 31.0 Å². The van der Waals surface area contributed by atoms with E-state index in [1.807, 2.05) is 36.7 Å². The average molecular weight is 237 g/mol. The van der Waals surface area contributed by atoms with Crippen LogP contribution in [-0.4, -0.2) is 42.5 Å². The lowest BCUT2D eigenvalue weighted by Crippen LogP contribution is -2.27. The molecule has 0 aromatic carbocycles. The van der Waals surface area contributed by atoms with E-state index >= 15 is 0 Å². The Morgan fingerprint density at radius 2 is 2.06 bits per heavy atom. The van der Waals surface area contributed by atoms with Crippen molar-refractivity contribution >= 4 is 13.4 Å². The number of hydrogen-bond donors (Lipinski definition) is 0. The molecule has 0 amide bonds. The van der Waals surface area contributed by atoms with Crippen LogP contribution in [0.15, 0.2) is 42.7 Å². The van der Waals surface area contributed by atoms with Crippen LogP contribution in [0.1, 0.15) is 0 Å². The number of likely N-dealkylation sites (N-methyl/N-ethyl adjacent to an activating group) is 1. The van der Waals surface area contributed by atoms with Crippen LogP contribution in [0.5, 0.6) is 0 Å². The summed E-state index contributed by atoms with van der Waals surface area (Å²) in [5.74, 6) is 0.975. The van der Waals surface area contributed by atoms with E-state index in [-0.39, 0.29) is 0 Å². The molecule has 1 aliphatic rings. The predicted octanol–water partition coefficient (Wildman–Crippen LogP) is 1.43. The second-order valence-electron chi connectivity index (χ2n) is 4.41. The van der Waals surface area contributed by atoms with Crippen LogP contribution in [0.4, 0.5) is 5.82 Å². The summed E-state index contributed by atoms with van der Waals surface area (Å²) < 4.78 is 0. The number of rotatable bonds is 2. The van der Waals surface area contributed by atoms with Crippen molar-refractivity contribution in [2.24, 2.45) is 0 Å². The second kappa shape index (κ2) is 4.78. The van der Waals surface area contributed by atoms with Crippen LogP contribution >= 0.6 is 0 Å². The van der Waals surface area contributed by atoms with Crippen LogP contribution < -0.4 is 4.81 Å². The Bertz CT molecular complexity index is 532. The summed E-state index contributed by atoms with van der Waals surface area (Å²) in [6.45, 7) is 2.02. The van der Waals surface area contributed by atoms with E-state index in [2.05, 4.69) is 40.3 Å². The van der Waals surface area contributed by atoms with E-state index in [4.69, 9.17) is 0 Å². The van der Waals surface area contributed by atoms with Crippen molar-refractivity contribution in [1.82, 2.24) is 14.8 Å². The highest BCUT2D eigenvalue weighted by molar-refractivity contribution is 6.39. The molecule has 2 aromatic heterocycles. The van der Waals surface area contributed by atoms with Gasteiger partial charge in [0.05, 0.1) is 5.69 Å². The van der Waals surface area contributed by atoms with E-state index in [0.29, 0.717) is 0 Å². The molecule has 1 radical (unpaired) electrons. The van der Waals surface area contributed by atoms with Crippen molar-refractivity contribution in [1.29, 1.82) is 0 Å². The minimum atomic E-state index is 0.975. The van der Waals surface area contributed by atoms with Gasteiger partial charge < -0.3 is 9.62 Å². The Morgan fingerprint density at radius 3 is 2.78 bits per heavy atom. The molecule has 4 nitrogen and oxygen atoms in total. The standard InChI is InChI=1S/C13H14BN4/c1-17-8-9-18(14-17)13-10-11(5-7-16-13)12-4-2-3-6-15-12/h2-7,10H,8-9H2,1H3. The third-order valence-corrected chi connectivity index (χ3v) is 3.03. The molecule has 5 heteroatoms. The van der Waals surface area contributed by atoms with Crippen molar-refractivity contribution in [3.8, 4) is 11.3 Å². The third-order valence-electron chi connectivity index (χ3n) is 3.03. The first-order valence-electron chi connectivity index (χ1n) is 6.02. The SMILES string of the molecule is CN1[B]N(c2cc(-c3ccccn3)ccn2)CC1. The van der Waals surface area contributed by atoms with Crippen molar-refractivity contribution in [2.45, 2.75) is 0 Å². The Labute approximate surface area is 108 Å². The van der Waals surface area contributed by atoms with Crippen LogP contribution in [0.2, 0.25) is 0 Å². The molecule has 89 valence electrons. The van der Waals surface area contributed by atoms with E-state index in [0.717, 1.165) is 30.2 Å². The van der Waals surface area contributed by atoms with Gasteiger partial charge in [-0.3, -0.25) is 4.98 Å². The van der Waals surface area contributed by atoms with E-state index in [1.165, 1.54) is 0 Å². The van der Waals surface area contributed by atoms with Gasteiger partial charge in [-0.25, -0.2) is 4.98 Å². The largest absolute Gasteiger partial charge is 0.388 e. The topological polar surface area (TPSA) is 32.3 Å². The third kappa shape index (κ3) is 2.22. The Balaban J connectivity index is 1.90. The first-order chi connectivity index (χ1) is 8.83. The number of aromatic nitrogens is 2. The van der Waals surface area contributed by atoms with Gasteiger partial charge in [-0.1, -0.05) is 6.07 Å². The lowest BCUT2D eigenvalue weighted by Gasteiger charge is -2.16. The Morgan fingerprint density at radius 1 is 1.11 bits per heavy atom. The highest BCUT2D eigenvalue weighted by Crippen LogP contribution is 2.21. The summed E-state index contributed by atoms with van der Waals surface area (Å²) in [6, 6.07) is 10.0. The molecule has 0 unspecified atom stereocenters. The lowest BCUT2D eigenvalue weighted by molar-refractivity contribution is 0.590. The van der Waals surface area contributed by atoms with E-state index in [1.54, 1.807) is 0 Å². The molecule has 0 aliphatic carbocycles. The predicted molar refractivity (Wildman–Crippen MR) is 73.2 cm³/mol. The van der Waals surface area contributed by atoms with Gasteiger partial charge in [-0.05, 0) is 31.3 Å². The zero-order chi connectivity index (χ0) is 12.4. The molecule has 3 heterocycles. The average Bonchev–Trinajstić information content (AvgIpc) is 2.87. The molecular weight excluding hydrogens is 223 g/mol. The highest BCUT2D eigenvalue weighted by atomic mass is 15.3. The molecule has 18 heavy (non-hydrogen) atoms. The van der Waals surface area contributed by atoms with Crippen LogP contribution in [-0.2, 0) is 0 Å². The molecule has 1 saturated heterocycles. The van der Waals surface area contributed by atoms with Crippen molar-refractivity contribution in [3.63, 3.8) is 0 Å². The van der Waals surface area contributed by atoms with E-state index < -0.39 is 0 Å². The van der Waals surface area contributed by atoms with Gasteiger partial charge in [0.25, 0.3) is 0 Å². The zero-order valence-corrected chi connectivity index (χ0v) is 10.3. The first-order valence-corrected chi connectivity index (χ1v) is 6.02. The van der Waals surface area contributed by atoms with Crippen molar-refractivity contribution in [3.05, 3.63) is 42.7 Å². The molecule has 0 bridgehead atoms. The fourth-order valence-corrected chi connectivity index (χ4v) is 2.06. The highest BCUT2D eigenvalue weighted by Gasteiger charge is 2.20. The molecule has 0 saturated carbocycles. The second-order valence-corrected chi connectivity index (χ2v) is 4.41. The maximum Gasteiger partial charge on any atom is 0.353 e. The number of anilines is 1. The van der Waals surface area contributed by atoms with Gasteiger partial charge in [0.1, 0.15) is 5.82 Å².